The van der Waals surface area contributed by atoms with Gasteiger partial charge < -0.3 is 15.5 Å². The number of hydrogen-bond donors (Lipinski definition) is 2. The number of nitrogens with one attached hydrogen (secondary N) is 2. The standard InChI is InChI=1S/C10H19N3O2.ClH/c1-11-7-9(14)13-6-4-3-5-8(13)10(15)12-2;/h8,11H,3-7H2,1-2H3,(H,12,15);1H. The molecule has 1 rings (SSSR count). The van der Waals surface area contributed by atoms with Crippen molar-refractivity contribution in [1.29, 1.82) is 0 Å². The normalized spacial score (nSPS) is 19.9. The molecule has 1 aliphatic heterocycles. The number of carbonyl (C=O) groups excluding carboxylic acids is 2. The smallest absolute Gasteiger partial charge is 0.242 e. The molecule has 1 heterocycles. The van der Waals surface area contributed by atoms with Crippen LogP contribution < -0.4 is 10.6 Å². The minimum atomic E-state index is -0.274. The Bertz CT molecular complexity index is 248. The minimum Gasteiger partial charge on any atom is -0.357 e. The number of hydrogen-bond acceptors (Lipinski definition) is 3. The summed E-state index contributed by atoms with van der Waals surface area (Å²) in [5.41, 5.74) is 0. The van der Waals surface area contributed by atoms with Crippen molar-refractivity contribution < 1.29 is 9.59 Å². The summed E-state index contributed by atoms with van der Waals surface area (Å²) in [6, 6.07) is -0.274. The zero-order valence-corrected chi connectivity index (χ0v) is 10.6. The Morgan fingerprint density at radius 3 is 2.56 bits per heavy atom. The molecule has 0 bridgehead atoms. The molecule has 6 heteroatoms. The Hall–Kier alpha value is -0.810. The van der Waals surface area contributed by atoms with Crippen LogP contribution in [-0.2, 0) is 9.59 Å². The number of piperidine rings is 1. The SMILES string of the molecule is CNCC(=O)N1CCCCC1C(=O)NC.Cl. The van der Waals surface area contributed by atoms with Crippen molar-refractivity contribution in [2.75, 3.05) is 27.2 Å². The highest BCUT2D eigenvalue weighted by molar-refractivity contribution is 5.88. The van der Waals surface area contributed by atoms with E-state index in [4.69, 9.17) is 0 Å². The Balaban J connectivity index is 0.00000225. The van der Waals surface area contributed by atoms with Crippen LogP contribution in [0.15, 0.2) is 0 Å². The molecule has 2 amide bonds. The van der Waals surface area contributed by atoms with Crippen LogP contribution in [0.25, 0.3) is 0 Å². The maximum absolute atomic E-state index is 11.7. The van der Waals surface area contributed by atoms with E-state index in [2.05, 4.69) is 10.6 Å². The monoisotopic (exact) mass is 249 g/mol. The van der Waals surface area contributed by atoms with Gasteiger partial charge >= 0.3 is 0 Å². The zero-order valence-electron chi connectivity index (χ0n) is 9.78. The van der Waals surface area contributed by atoms with Gasteiger partial charge in [0, 0.05) is 13.6 Å². The van der Waals surface area contributed by atoms with Crippen molar-refractivity contribution in [2.24, 2.45) is 0 Å². The molecule has 0 aliphatic carbocycles. The molecular weight excluding hydrogens is 230 g/mol. The first kappa shape index (κ1) is 15.2. The van der Waals surface area contributed by atoms with Crippen molar-refractivity contribution in [3.63, 3.8) is 0 Å². The van der Waals surface area contributed by atoms with Crippen LogP contribution >= 0.6 is 12.4 Å². The number of rotatable bonds is 3. The summed E-state index contributed by atoms with van der Waals surface area (Å²) in [6.07, 6.45) is 2.78. The summed E-state index contributed by atoms with van der Waals surface area (Å²) in [7, 11) is 3.34. The van der Waals surface area contributed by atoms with Crippen molar-refractivity contribution in [1.82, 2.24) is 15.5 Å². The van der Waals surface area contributed by atoms with Gasteiger partial charge in [-0.25, -0.2) is 0 Å². The van der Waals surface area contributed by atoms with E-state index in [1.165, 1.54) is 0 Å². The van der Waals surface area contributed by atoms with Crippen LogP contribution in [0.3, 0.4) is 0 Å². The van der Waals surface area contributed by atoms with E-state index < -0.39 is 0 Å². The quantitative estimate of drug-likeness (QED) is 0.726. The highest BCUT2D eigenvalue weighted by Gasteiger charge is 2.30. The highest BCUT2D eigenvalue weighted by atomic mass is 35.5. The van der Waals surface area contributed by atoms with Crippen LogP contribution in [0.4, 0.5) is 0 Å². The molecule has 16 heavy (non-hydrogen) atoms. The predicted molar refractivity (Wildman–Crippen MR) is 64.6 cm³/mol. The summed E-state index contributed by atoms with van der Waals surface area (Å²) in [5.74, 6) is -0.0510. The molecule has 0 spiro atoms. The number of amides is 2. The molecule has 1 atom stereocenters. The number of likely N-dealkylation sites (tertiary alicyclic amines) is 1. The largest absolute Gasteiger partial charge is 0.357 e. The van der Waals surface area contributed by atoms with E-state index in [0.29, 0.717) is 13.1 Å². The maximum Gasteiger partial charge on any atom is 0.242 e. The summed E-state index contributed by atoms with van der Waals surface area (Å²) >= 11 is 0. The first-order valence-corrected chi connectivity index (χ1v) is 5.36. The lowest BCUT2D eigenvalue weighted by Gasteiger charge is -2.34. The van der Waals surface area contributed by atoms with Gasteiger partial charge in [-0.05, 0) is 26.3 Å². The number of carbonyl (C=O) groups is 2. The Kier molecular flexibility index (Phi) is 7.08. The van der Waals surface area contributed by atoms with E-state index in [1.807, 2.05) is 0 Å². The average Bonchev–Trinajstić information content (AvgIpc) is 2.28. The number of nitrogens with zero attached hydrogens (tertiary/aromatic N) is 1. The van der Waals surface area contributed by atoms with E-state index in [1.54, 1.807) is 19.0 Å². The second-order valence-electron chi connectivity index (χ2n) is 3.74. The minimum absolute atomic E-state index is 0. The van der Waals surface area contributed by atoms with Gasteiger partial charge in [0.15, 0.2) is 0 Å². The average molecular weight is 250 g/mol. The highest BCUT2D eigenvalue weighted by Crippen LogP contribution is 2.16. The fourth-order valence-electron chi connectivity index (χ4n) is 1.92. The second-order valence-corrected chi connectivity index (χ2v) is 3.74. The predicted octanol–water partition coefficient (Wildman–Crippen LogP) is -0.245. The molecule has 0 aromatic rings. The lowest BCUT2D eigenvalue weighted by atomic mass is 10.0. The first-order valence-electron chi connectivity index (χ1n) is 5.36. The molecule has 1 unspecified atom stereocenters. The first-order chi connectivity index (χ1) is 7.20. The van der Waals surface area contributed by atoms with Gasteiger partial charge in [0.25, 0.3) is 0 Å². The van der Waals surface area contributed by atoms with Gasteiger partial charge in [-0.2, -0.15) is 0 Å². The Morgan fingerprint density at radius 1 is 1.31 bits per heavy atom. The molecule has 0 aromatic heterocycles. The Morgan fingerprint density at radius 2 is 2.00 bits per heavy atom. The van der Waals surface area contributed by atoms with E-state index in [9.17, 15) is 9.59 Å². The Labute approximate surface area is 102 Å². The van der Waals surface area contributed by atoms with E-state index in [-0.39, 0.29) is 30.3 Å². The molecule has 2 N–H and O–H groups in total. The topological polar surface area (TPSA) is 61.4 Å². The van der Waals surface area contributed by atoms with Crippen molar-refractivity contribution in [3.8, 4) is 0 Å². The summed E-state index contributed by atoms with van der Waals surface area (Å²) < 4.78 is 0. The van der Waals surface area contributed by atoms with E-state index in [0.717, 1.165) is 19.3 Å². The van der Waals surface area contributed by atoms with Crippen LogP contribution in [0.1, 0.15) is 19.3 Å². The van der Waals surface area contributed by atoms with E-state index >= 15 is 0 Å². The fourth-order valence-corrected chi connectivity index (χ4v) is 1.92. The lowest BCUT2D eigenvalue weighted by Crippen LogP contribution is -2.53. The summed E-state index contributed by atoms with van der Waals surface area (Å²) in [6.45, 7) is 0.992. The van der Waals surface area contributed by atoms with Gasteiger partial charge in [0.1, 0.15) is 6.04 Å². The third-order valence-electron chi connectivity index (χ3n) is 2.70. The molecule has 0 aromatic carbocycles. The van der Waals surface area contributed by atoms with Crippen LogP contribution in [0.2, 0.25) is 0 Å². The molecule has 1 fully saturated rings. The fraction of sp³-hybridized carbons (Fsp3) is 0.800. The van der Waals surface area contributed by atoms with Gasteiger partial charge in [0.2, 0.25) is 11.8 Å². The van der Waals surface area contributed by atoms with Gasteiger partial charge in [0.05, 0.1) is 6.54 Å². The molecule has 1 saturated heterocycles. The molecule has 1 aliphatic rings. The second kappa shape index (κ2) is 7.46. The van der Waals surface area contributed by atoms with Crippen LogP contribution in [0.5, 0.6) is 0 Å². The zero-order chi connectivity index (χ0) is 11.3. The van der Waals surface area contributed by atoms with Crippen LogP contribution in [-0.4, -0.2) is 49.9 Å². The van der Waals surface area contributed by atoms with Gasteiger partial charge in [-0.15, -0.1) is 12.4 Å². The van der Waals surface area contributed by atoms with Gasteiger partial charge in [-0.3, -0.25) is 9.59 Å². The third-order valence-corrected chi connectivity index (χ3v) is 2.70. The van der Waals surface area contributed by atoms with Crippen molar-refractivity contribution >= 4 is 24.2 Å². The summed E-state index contributed by atoms with van der Waals surface area (Å²) in [5, 5.41) is 5.43. The lowest BCUT2D eigenvalue weighted by molar-refractivity contribution is -0.141. The molecule has 5 nitrogen and oxygen atoms in total. The van der Waals surface area contributed by atoms with Gasteiger partial charge in [-0.1, -0.05) is 0 Å². The van der Waals surface area contributed by atoms with Crippen molar-refractivity contribution in [2.45, 2.75) is 25.3 Å². The molecule has 0 saturated carbocycles. The van der Waals surface area contributed by atoms with Crippen molar-refractivity contribution in [3.05, 3.63) is 0 Å². The molecule has 94 valence electrons. The number of likely N-dealkylation sites (N-methyl/N-ethyl adjacent to an activating group) is 2. The number of halogens is 1. The summed E-state index contributed by atoms with van der Waals surface area (Å²) in [4.78, 5) is 25.0. The maximum atomic E-state index is 11.7. The third kappa shape index (κ3) is 3.64. The molecular formula is C10H20ClN3O2. The molecule has 0 radical (unpaired) electrons. The van der Waals surface area contributed by atoms with Crippen LogP contribution in [0, 0.1) is 0 Å².